The highest BCUT2D eigenvalue weighted by molar-refractivity contribution is 9.10. The van der Waals surface area contributed by atoms with Crippen LogP contribution in [0.5, 0.6) is 5.75 Å². The van der Waals surface area contributed by atoms with Crippen molar-refractivity contribution in [3.63, 3.8) is 0 Å². The summed E-state index contributed by atoms with van der Waals surface area (Å²) in [4.78, 5) is 12.1. The average molecular weight is 312 g/mol. The van der Waals surface area contributed by atoms with Crippen LogP contribution >= 0.6 is 15.9 Å². The van der Waals surface area contributed by atoms with Crippen molar-refractivity contribution in [2.45, 2.75) is 19.8 Å². The number of rotatable bonds is 5. The Morgan fingerprint density at radius 3 is 2.89 bits per heavy atom. The van der Waals surface area contributed by atoms with Gasteiger partial charge in [-0.2, -0.15) is 0 Å². The van der Waals surface area contributed by atoms with E-state index in [-0.39, 0.29) is 5.91 Å². The van der Waals surface area contributed by atoms with E-state index in [9.17, 15) is 4.79 Å². The lowest BCUT2D eigenvalue weighted by atomic mass is 10.1. The fourth-order valence-corrected chi connectivity index (χ4v) is 2.37. The van der Waals surface area contributed by atoms with Crippen molar-refractivity contribution >= 4 is 21.8 Å². The number of hydrogen-bond donors (Lipinski definition) is 1. The summed E-state index contributed by atoms with van der Waals surface area (Å²) < 4.78 is 6.13. The van der Waals surface area contributed by atoms with Gasteiger partial charge in [-0.05, 0) is 42.9 Å². The van der Waals surface area contributed by atoms with Crippen LogP contribution in [0.25, 0.3) is 0 Å². The van der Waals surface area contributed by atoms with Crippen molar-refractivity contribution in [3.8, 4) is 5.75 Å². The van der Waals surface area contributed by atoms with Crippen molar-refractivity contribution in [2.75, 3.05) is 13.7 Å². The van der Waals surface area contributed by atoms with Crippen molar-refractivity contribution in [3.05, 3.63) is 28.2 Å². The smallest absolute Gasteiger partial charge is 0.255 e. The van der Waals surface area contributed by atoms with E-state index in [0.29, 0.717) is 17.2 Å². The van der Waals surface area contributed by atoms with Crippen molar-refractivity contribution in [1.82, 2.24) is 5.32 Å². The molecule has 1 atom stereocenters. The molecule has 1 aromatic rings. The van der Waals surface area contributed by atoms with Crippen LogP contribution in [0.3, 0.4) is 0 Å². The van der Waals surface area contributed by atoms with Crippen LogP contribution in [0.2, 0.25) is 0 Å². The zero-order valence-corrected chi connectivity index (χ0v) is 12.3. The number of amides is 1. The number of halogens is 1. The zero-order valence-electron chi connectivity index (χ0n) is 10.7. The topological polar surface area (TPSA) is 38.3 Å². The number of methoxy groups -OCH3 is 1. The van der Waals surface area contributed by atoms with Crippen LogP contribution < -0.4 is 10.1 Å². The van der Waals surface area contributed by atoms with Gasteiger partial charge in [-0.25, -0.2) is 0 Å². The van der Waals surface area contributed by atoms with E-state index in [2.05, 4.69) is 28.2 Å². The summed E-state index contributed by atoms with van der Waals surface area (Å²) >= 11 is 3.36. The molecule has 3 nitrogen and oxygen atoms in total. The summed E-state index contributed by atoms with van der Waals surface area (Å²) in [6.45, 7) is 2.93. The highest BCUT2D eigenvalue weighted by Gasteiger charge is 2.28. The molecule has 2 rings (SSSR count). The fourth-order valence-electron chi connectivity index (χ4n) is 2.03. The lowest BCUT2D eigenvalue weighted by molar-refractivity contribution is 0.0943. The molecule has 1 amide bonds. The lowest BCUT2D eigenvalue weighted by Crippen LogP contribution is -2.29. The van der Waals surface area contributed by atoms with Gasteiger partial charge >= 0.3 is 0 Å². The van der Waals surface area contributed by atoms with E-state index in [1.807, 2.05) is 6.07 Å². The number of hydrogen-bond acceptors (Lipinski definition) is 2. The predicted molar refractivity (Wildman–Crippen MR) is 74.9 cm³/mol. The first-order valence-electron chi connectivity index (χ1n) is 6.23. The first kappa shape index (κ1) is 13.4. The minimum Gasteiger partial charge on any atom is -0.496 e. The molecule has 1 fully saturated rings. The third kappa shape index (κ3) is 3.25. The van der Waals surface area contributed by atoms with Gasteiger partial charge in [-0.1, -0.05) is 22.9 Å². The minimum absolute atomic E-state index is 0.0631. The summed E-state index contributed by atoms with van der Waals surface area (Å²) in [6, 6.07) is 5.43. The highest BCUT2D eigenvalue weighted by atomic mass is 79.9. The van der Waals surface area contributed by atoms with Gasteiger partial charge in [-0.3, -0.25) is 4.79 Å². The van der Waals surface area contributed by atoms with E-state index in [1.165, 1.54) is 12.8 Å². The maximum Gasteiger partial charge on any atom is 0.255 e. The third-order valence-electron chi connectivity index (χ3n) is 3.42. The summed E-state index contributed by atoms with van der Waals surface area (Å²) in [5.74, 6) is 1.90. The first-order chi connectivity index (χ1) is 8.61. The molecule has 4 heteroatoms. The highest BCUT2D eigenvalue weighted by Crippen LogP contribution is 2.36. The van der Waals surface area contributed by atoms with Gasteiger partial charge in [0, 0.05) is 11.0 Å². The molecule has 0 aliphatic heterocycles. The van der Waals surface area contributed by atoms with Crippen molar-refractivity contribution < 1.29 is 9.53 Å². The van der Waals surface area contributed by atoms with E-state index in [1.54, 1.807) is 19.2 Å². The molecule has 0 bridgehead atoms. The van der Waals surface area contributed by atoms with E-state index < -0.39 is 0 Å². The molecule has 1 unspecified atom stereocenters. The Kier molecular flexibility index (Phi) is 4.27. The number of carbonyl (C=O) groups excluding carboxylic acids is 1. The Morgan fingerprint density at radius 1 is 1.56 bits per heavy atom. The molecule has 0 heterocycles. The second-order valence-electron chi connectivity index (χ2n) is 4.87. The molecule has 1 aliphatic rings. The van der Waals surface area contributed by atoms with E-state index >= 15 is 0 Å². The molecule has 0 spiro atoms. The predicted octanol–water partition coefficient (Wildman–Crippen LogP) is 3.23. The van der Waals surface area contributed by atoms with Crippen LogP contribution in [0.15, 0.2) is 22.7 Å². The van der Waals surface area contributed by atoms with Gasteiger partial charge in [0.15, 0.2) is 0 Å². The fraction of sp³-hybridized carbons (Fsp3) is 0.500. The van der Waals surface area contributed by atoms with Crippen molar-refractivity contribution in [2.24, 2.45) is 11.8 Å². The van der Waals surface area contributed by atoms with Gasteiger partial charge in [0.05, 0.1) is 12.7 Å². The Hall–Kier alpha value is -1.03. The lowest BCUT2D eigenvalue weighted by Gasteiger charge is -2.13. The summed E-state index contributed by atoms with van der Waals surface area (Å²) in [5, 5.41) is 2.98. The van der Waals surface area contributed by atoms with Gasteiger partial charge in [0.1, 0.15) is 5.75 Å². The van der Waals surface area contributed by atoms with Gasteiger partial charge in [0.2, 0.25) is 0 Å². The quantitative estimate of drug-likeness (QED) is 0.906. The Bertz CT molecular complexity index is 443. The van der Waals surface area contributed by atoms with Gasteiger partial charge < -0.3 is 10.1 Å². The number of nitrogens with one attached hydrogen (secondary N) is 1. The van der Waals surface area contributed by atoms with Crippen LogP contribution in [-0.4, -0.2) is 19.6 Å². The molecule has 1 aliphatic carbocycles. The molecule has 1 aromatic carbocycles. The molecular formula is C14H18BrNO2. The monoisotopic (exact) mass is 311 g/mol. The molecule has 98 valence electrons. The number of carbonyl (C=O) groups is 1. The van der Waals surface area contributed by atoms with Crippen molar-refractivity contribution in [1.29, 1.82) is 0 Å². The molecular weight excluding hydrogens is 294 g/mol. The molecule has 0 aromatic heterocycles. The van der Waals surface area contributed by atoms with Gasteiger partial charge in [-0.15, -0.1) is 0 Å². The first-order valence-corrected chi connectivity index (χ1v) is 7.03. The maximum absolute atomic E-state index is 12.1. The molecule has 18 heavy (non-hydrogen) atoms. The van der Waals surface area contributed by atoms with Crippen LogP contribution in [-0.2, 0) is 0 Å². The standard InChI is InChI=1S/C14H18BrNO2/c1-9(10-3-4-10)8-16-14(17)12-6-5-11(15)7-13(12)18-2/h5-7,9-10H,3-4,8H2,1-2H3,(H,16,17). The summed E-state index contributed by atoms with van der Waals surface area (Å²) in [6.07, 6.45) is 2.61. The minimum atomic E-state index is -0.0631. The summed E-state index contributed by atoms with van der Waals surface area (Å²) in [7, 11) is 1.57. The molecule has 1 saturated carbocycles. The van der Waals surface area contributed by atoms with Crippen LogP contribution in [0.4, 0.5) is 0 Å². The SMILES string of the molecule is COc1cc(Br)ccc1C(=O)NCC(C)C1CC1. The summed E-state index contributed by atoms with van der Waals surface area (Å²) in [5.41, 5.74) is 0.587. The van der Waals surface area contributed by atoms with Crippen LogP contribution in [0, 0.1) is 11.8 Å². The van der Waals surface area contributed by atoms with E-state index in [0.717, 1.165) is 16.9 Å². The second-order valence-corrected chi connectivity index (χ2v) is 5.79. The largest absolute Gasteiger partial charge is 0.496 e. The second kappa shape index (κ2) is 5.74. The Labute approximate surface area is 116 Å². The van der Waals surface area contributed by atoms with Crippen LogP contribution in [0.1, 0.15) is 30.1 Å². The molecule has 1 N–H and O–H groups in total. The molecule has 0 saturated heterocycles. The average Bonchev–Trinajstić information content (AvgIpc) is 3.19. The Balaban J connectivity index is 1.99. The molecule has 0 radical (unpaired) electrons. The normalized spacial score (nSPS) is 16.2. The number of ether oxygens (including phenoxy) is 1. The Morgan fingerprint density at radius 2 is 2.28 bits per heavy atom. The maximum atomic E-state index is 12.1. The van der Waals surface area contributed by atoms with Gasteiger partial charge in [0.25, 0.3) is 5.91 Å². The number of benzene rings is 1. The van der Waals surface area contributed by atoms with E-state index in [4.69, 9.17) is 4.74 Å². The third-order valence-corrected chi connectivity index (χ3v) is 3.91. The zero-order chi connectivity index (χ0) is 13.1.